The van der Waals surface area contributed by atoms with Gasteiger partial charge in [0.25, 0.3) is 5.56 Å². The van der Waals surface area contributed by atoms with Gasteiger partial charge in [0.15, 0.2) is 23.2 Å². The number of carbonyl (C=O) groups is 1. The summed E-state index contributed by atoms with van der Waals surface area (Å²) < 4.78 is 24.8. The van der Waals surface area contributed by atoms with E-state index < -0.39 is 35.9 Å². The fourth-order valence-corrected chi connectivity index (χ4v) is 3.42. The van der Waals surface area contributed by atoms with Crippen LogP contribution in [0.1, 0.15) is 33.4 Å². The number of anilines is 1. The summed E-state index contributed by atoms with van der Waals surface area (Å²) in [4.78, 5) is 34.2. The largest absolute Gasteiger partial charge is 0.463 e. The van der Waals surface area contributed by atoms with Gasteiger partial charge in [0.05, 0.1) is 6.33 Å². The summed E-state index contributed by atoms with van der Waals surface area (Å²) >= 11 is 0. The van der Waals surface area contributed by atoms with Gasteiger partial charge in [-0.2, -0.15) is 4.98 Å². The molecule has 11 nitrogen and oxygen atoms in total. The van der Waals surface area contributed by atoms with Crippen LogP contribution in [0.15, 0.2) is 11.1 Å². The van der Waals surface area contributed by atoms with Gasteiger partial charge < -0.3 is 24.7 Å². The third-order valence-corrected chi connectivity index (χ3v) is 4.55. The number of imidazole rings is 1. The maximum Gasteiger partial charge on any atom is 0.305 e. The van der Waals surface area contributed by atoms with Gasteiger partial charge in [0.2, 0.25) is 5.95 Å². The number of rotatable bonds is 4. The summed E-state index contributed by atoms with van der Waals surface area (Å²) in [6.45, 7) is 5.34. The van der Waals surface area contributed by atoms with Crippen molar-refractivity contribution in [3.63, 3.8) is 0 Å². The average molecular weight is 379 g/mol. The van der Waals surface area contributed by atoms with Gasteiger partial charge in [-0.05, 0) is 13.8 Å². The molecule has 4 atom stereocenters. The van der Waals surface area contributed by atoms with Gasteiger partial charge in [-0.25, -0.2) is 4.98 Å². The molecule has 4 heterocycles. The summed E-state index contributed by atoms with van der Waals surface area (Å²) in [5.41, 5.74) is 5.64. The zero-order valence-electron chi connectivity index (χ0n) is 15.2. The van der Waals surface area contributed by atoms with E-state index in [9.17, 15) is 9.59 Å². The smallest absolute Gasteiger partial charge is 0.305 e. The van der Waals surface area contributed by atoms with E-state index in [-0.39, 0.29) is 36.1 Å². The normalized spacial score (nSPS) is 29.1. The molecule has 2 fully saturated rings. The molecule has 11 heteroatoms. The van der Waals surface area contributed by atoms with Crippen molar-refractivity contribution in [1.29, 1.82) is 0 Å². The second kappa shape index (κ2) is 6.29. The van der Waals surface area contributed by atoms with Gasteiger partial charge in [0.1, 0.15) is 24.9 Å². The summed E-state index contributed by atoms with van der Waals surface area (Å²) in [5, 5.41) is 0. The topological polar surface area (TPSA) is 144 Å². The number of hydrogen-bond acceptors (Lipinski definition) is 9. The first kappa shape index (κ1) is 17.9. The Balaban J connectivity index is 1.68. The molecule has 0 aliphatic carbocycles. The molecule has 146 valence electrons. The Morgan fingerprint density at radius 2 is 2.15 bits per heavy atom. The Bertz CT molecular complexity index is 937. The molecule has 2 aliphatic rings. The van der Waals surface area contributed by atoms with Crippen LogP contribution >= 0.6 is 0 Å². The number of carbonyl (C=O) groups excluding carboxylic acids is 1. The molecule has 0 amide bonds. The fraction of sp³-hybridized carbons (Fsp3) is 0.625. The van der Waals surface area contributed by atoms with E-state index >= 15 is 0 Å². The van der Waals surface area contributed by atoms with Crippen molar-refractivity contribution >= 4 is 23.1 Å². The molecule has 27 heavy (non-hydrogen) atoms. The Labute approximate surface area is 153 Å². The number of nitrogen functional groups attached to an aromatic ring is 1. The minimum atomic E-state index is -0.829. The van der Waals surface area contributed by atoms with Gasteiger partial charge in [0, 0.05) is 6.42 Å². The van der Waals surface area contributed by atoms with Crippen molar-refractivity contribution in [3.8, 4) is 0 Å². The minimum Gasteiger partial charge on any atom is -0.463 e. The van der Waals surface area contributed by atoms with E-state index in [1.165, 1.54) is 6.33 Å². The Morgan fingerprint density at radius 1 is 1.41 bits per heavy atom. The number of aromatic nitrogens is 4. The zero-order chi connectivity index (χ0) is 19.3. The molecule has 0 radical (unpaired) electrons. The number of hydrogen-bond donors (Lipinski definition) is 2. The Morgan fingerprint density at radius 3 is 2.89 bits per heavy atom. The number of nitrogens with two attached hydrogens (primary N) is 1. The van der Waals surface area contributed by atoms with Crippen LogP contribution in [0, 0.1) is 0 Å². The molecule has 4 rings (SSSR count). The van der Waals surface area contributed by atoms with Crippen molar-refractivity contribution < 1.29 is 23.7 Å². The van der Waals surface area contributed by atoms with Crippen LogP contribution in [0.25, 0.3) is 11.2 Å². The molecule has 3 N–H and O–H groups in total. The van der Waals surface area contributed by atoms with Crippen LogP contribution < -0.4 is 11.3 Å². The first-order chi connectivity index (χ1) is 12.8. The Kier molecular flexibility index (Phi) is 4.17. The van der Waals surface area contributed by atoms with Gasteiger partial charge in [-0.3, -0.25) is 19.1 Å². The molecular weight excluding hydrogens is 358 g/mol. The average Bonchev–Trinajstić information content (AvgIpc) is 3.23. The summed E-state index contributed by atoms with van der Waals surface area (Å²) in [6.07, 6.45) is -0.430. The van der Waals surface area contributed by atoms with Crippen LogP contribution in [-0.2, 0) is 23.7 Å². The maximum absolute atomic E-state index is 12.0. The summed E-state index contributed by atoms with van der Waals surface area (Å²) in [7, 11) is 0. The monoisotopic (exact) mass is 379 g/mol. The van der Waals surface area contributed by atoms with E-state index in [0.717, 1.165) is 0 Å². The second-order valence-electron chi connectivity index (χ2n) is 6.94. The molecule has 2 aromatic heterocycles. The first-order valence-corrected chi connectivity index (χ1v) is 8.68. The number of H-pyrrole nitrogens is 1. The lowest BCUT2D eigenvalue weighted by Gasteiger charge is -2.24. The molecule has 0 aromatic carbocycles. The predicted octanol–water partition coefficient (Wildman–Crippen LogP) is 0.0725. The highest BCUT2D eigenvalue weighted by atomic mass is 16.8. The number of fused-ring (bicyclic) bond motifs is 2. The van der Waals surface area contributed by atoms with Crippen LogP contribution in [0.5, 0.6) is 0 Å². The zero-order valence-corrected chi connectivity index (χ0v) is 15.2. The molecule has 0 bridgehead atoms. The molecule has 2 saturated heterocycles. The molecule has 0 spiro atoms. The van der Waals surface area contributed by atoms with Crippen LogP contribution in [0.3, 0.4) is 0 Å². The number of esters is 1. The van der Waals surface area contributed by atoms with Crippen molar-refractivity contribution in [2.24, 2.45) is 0 Å². The number of ether oxygens (including phenoxy) is 4. The fourth-order valence-electron chi connectivity index (χ4n) is 3.42. The van der Waals surface area contributed by atoms with Crippen molar-refractivity contribution in [2.75, 3.05) is 12.3 Å². The SMILES string of the molecule is CCC(=O)OC[C@H]1O[C@@H](n2cnc3c(=O)[nH]c(N)nc32)[C@@H]2OC(C)(C)O[C@@H]21. The van der Waals surface area contributed by atoms with Gasteiger partial charge in [-0.15, -0.1) is 0 Å². The quantitative estimate of drug-likeness (QED) is 0.705. The van der Waals surface area contributed by atoms with Gasteiger partial charge in [-0.1, -0.05) is 6.92 Å². The van der Waals surface area contributed by atoms with E-state index in [0.29, 0.717) is 0 Å². The summed E-state index contributed by atoms with van der Waals surface area (Å²) in [5.74, 6) is -1.18. The highest BCUT2D eigenvalue weighted by molar-refractivity contribution is 5.70. The number of nitrogens with zero attached hydrogens (tertiary/aromatic N) is 3. The van der Waals surface area contributed by atoms with E-state index in [1.54, 1.807) is 25.3 Å². The van der Waals surface area contributed by atoms with Crippen LogP contribution in [0.2, 0.25) is 0 Å². The minimum absolute atomic E-state index is 0.0267. The van der Waals surface area contributed by atoms with Crippen LogP contribution in [0.4, 0.5) is 5.95 Å². The lowest BCUT2D eigenvalue weighted by molar-refractivity contribution is -0.202. The molecule has 0 saturated carbocycles. The molecule has 0 unspecified atom stereocenters. The third kappa shape index (κ3) is 3.07. The van der Waals surface area contributed by atoms with E-state index in [2.05, 4.69) is 15.0 Å². The van der Waals surface area contributed by atoms with E-state index in [4.69, 9.17) is 24.7 Å². The lowest BCUT2D eigenvalue weighted by atomic mass is 10.1. The van der Waals surface area contributed by atoms with Crippen LogP contribution in [-0.4, -0.2) is 56.2 Å². The molecule has 2 aliphatic heterocycles. The molecular formula is C16H21N5O6. The van der Waals surface area contributed by atoms with Crippen molar-refractivity contribution in [3.05, 3.63) is 16.7 Å². The lowest BCUT2D eigenvalue weighted by Crippen LogP contribution is -2.33. The summed E-state index contributed by atoms with van der Waals surface area (Å²) in [6, 6.07) is 0. The first-order valence-electron chi connectivity index (χ1n) is 8.68. The Hall–Kier alpha value is -2.50. The predicted molar refractivity (Wildman–Crippen MR) is 91.5 cm³/mol. The number of nitrogens with one attached hydrogen (secondary N) is 1. The highest BCUT2D eigenvalue weighted by Gasteiger charge is 2.56. The third-order valence-electron chi connectivity index (χ3n) is 4.55. The standard InChI is InChI=1S/C16H21N5O6/c1-4-8(22)24-5-7-10-11(27-16(2,3)26-10)14(25-7)21-6-18-9-12(21)19-15(17)20-13(9)23/h6-7,10-11,14H,4-5H2,1-3H3,(H3,17,19,20,23)/t7-,10-,11-,14-/m1/s1. The second-order valence-corrected chi connectivity index (χ2v) is 6.94. The van der Waals surface area contributed by atoms with Gasteiger partial charge >= 0.3 is 5.97 Å². The maximum atomic E-state index is 12.0. The van der Waals surface area contributed by atoms with E-state index in [1.807, 2.05) is 0 Å². The molecule has 2 aromatic rings. The highest BCUT2D eigenvalue weighted by Crippen LogP contribution is 2.43. The number of aromatic amines is 1. The van der Waals surface area contributed by atoms with Crippen molar-refractivity contribution in [2.45, 2.75) is 57.5 Å². The van der Waals surface area contributed by atoms with Crippen molar-refractivity contribution in [1.82, 2.24) is 19.5 Å².